The van der Waals surface area contributed by atoms with Gasteiger partial charge in [0, 0.05) is 39.1 Å². The number of benzene rings is 10. The number of aromatic nitrogens is 2. The molecule has 2 atom stereocenters. The first-order chi connectivity index (χ1) is 30.7. The van der Waals surface area contributed by atoms with Gasteiger partial charge in [0.15, 0.2) is 0 Å². The molecule has 0 saturated heterocycles. The normalized spacial score (nSPS) is 15.3. The summed E-state index contributed by atoms with van der Waals surface area (Å²) in [4.78, 5) is 5.65. The highest BCUT2D eigenvalue weighted by atomic mass is 15.1. The van der Waals surface area contributed by atoms with Crippen molar-refractivity contribution in [3.05, 3.63) is 217 Å². The van der Waals surface area contributed by atoms with E-state index in [1.807, 2.05) is 0 Å². The van der Waals surface area contributed by atoms with Crippen LogP contribution in [0.1, 0.15) is 30.4 Å². The number of rotatable bonds is 4. The molecule has 3 heterocycles. The van der Waals surface area contributed by atoms with Crippen LogP contribution in [0.15, 0.2) is 211 Å². The lowest BCUT2D eigenvalue weighted by Gasteiger charge is -2.34. The largest absolute Gasteiger partial charge is 0.309 e. The van der Waals surface area contributed by atoms with Gasteiger partial charge in [-0.05, 0) is 103 Å². The van der Waals surface area contributed by atoms with Crippen LogP contribution in [0.2, 0.25) is 0 Å². The Labute approximate surface area is 359 Å². The Morgan fingerprint density at radius 2 is 1.00 bits per heavy atom. The quantitative estimate of drug-likeness (QED) is 0.169. The molecule has 0 spiro atoms. The van der Waals surface area contributed by atoms with Crippen molar-refractivity contribution in [2.24, 2.45) is 10.9 Å². The second-order valence-electron chi connectivity index (χ2n) is 16.9. The molecule has 0 radical (unpaired) electrons. The van der Waals surface area contributed by atoms with Gasteiger partial charge in [-0.15, -0.1) is 0 Å². The molecule has 10 aromatic carbocycles. The van der Waals surface area contributed by atoms with E-state index in [4.69, 9.17) is 4.99 Å². The summed E-state index contributed by atoms with van der Waals surface area (Å²) in [7, 11) is 0. The van der Waals surface area contributed by atoms with Crippen LogP contribution >= 0.6 is 0 Å². The zero-order valence-electron chi connectivity index (χ0n) is 34.3. The van der Waals surface area contributed by atoms with E-state index in [2.05, 4.69) is 222 Å². The van der Waals surface area contributed by atoms with Crippen molar-refractivity contribution in [2.75, 3.05) is 0 Å². The van der Waals surface area contributed by atoms with Gasteiger partial charge in [-0.3, -0.25) is 4.57 Å². The predicted octanol–water partition coefficient (Wildman–Crippen LogP) is 15.8. The Hall–Kier alpha value is -7.75. The highest BCUT2D eigenvalue weighted by molar-refractivity contribution is 6.25. The Balaban J connectivity index is 1.03. The monoisotopic (exact) mass is 791 g/mol. The number of para-hydroxylation sites is 2. The highest BCUT2D eigenvalue weighted by Crippen LogP contribution is 2.47. The van der Waals surface area contributed by atoms with Crippen molar-refractivity contribution in [1.29, 1.82) is 0 Å². The van der Waals surface area contributed by atoms with Gasteiger partial charge in [0.25, 0.3) is 0 Å². The molecule has 1 aliphatic rings. The summed E-state index contributed by atoms with van der Waals surface area (Å²) in [6.45, 7) is 2.33. The molecule has 2 unspecified atom stereocenters. The maximum absolute atomic E-state index is 5.65. The maximum atomic E-state index is 5.65. The Morgan fingerprint density at radius 3 is 1.74 bits per heavy atom. The Kier molecular flexibility index (Phi) is 7.71. The van der Waals surface area contributed by atoms with Crippen molar-refractivity contribution < 1.29 is 0 Å². The van der Waals surface area contributed by atoms with Crippen LogP contribution in [0.3, 0.4) is 0 Å². The van der Waals surface area contributed by atoms with Crippen molar-refractivity contribution >= 4 is 87.5 Å². The van der Waals surface area contributed by atoms with Crippen LogP contribution in [-0.2, 0) is 0 Å². The molecule has 0 bridgehead atoms. The van der Waals surface area contributed by atoms with Gasteiger partial charge < -0.3 is 4.57 Å². The van der Waals surface area contributed by atoms with Crippen LogP contribution in [0.4, 0.5) is 5.69 Å². The third kappa shape index (κ3) is 5.09. The molecule has 3 heteroatoms. The summed E-state index contributed by atoms with van der Waals surface area (Å²) in [5.41, 5.74) is 12.1. The lowest BCUT2D eigenvalue weighted by atomic mass is 9.76. The molecule has 3 nitrogen and oxygen atoms in total. The van der Waals surface area contributed by atoms with E-state index in [0.717, 1.165) is 23.6 Å². The number of nitrogens with zero attached hydrogens (tertiary/aromatic N) is 3. The smallest absolute Gasteiger partial charge is 0.118 e. The van der Waals surface area contributed by atoms with E-state index in [1.165, 1.54) is 98.2 Å². The molecule has 1 aliphatic heterocycles. The number of fused-ring (bicyclic) bond motifs is 12. The van der Waals surface area contributed by atoms with Gasteiger partial charge in [0.1, 0.15) is 5.84 Å². The Bertz CT molecular complexity index is 3800. The number of aliphatic imine (C=N–C) groups is 1. The van der Waals surface area contributed by atoms with E-state index < -0.39 is 0 Å². The standard InChI is InChI=1S/C59H41N3/c1-2-43-56(41-28-26-40(27-29-41)45-23-13-17-37-14-3-6-18-44(37)45)48-21-9-11-24-51(48)60-59(43)62-53-35-32-42(36-50(53)58-47-20-8-5-16-39(47)31-34-55(58)62)61-52-25-12-10-22-49(52)57-46-19-7-4-15-38(46)30-33-54(57)61/h3-36,43,56H,2H2,1H3. The fourth-order valence-corrected chi connectivity index (χ4v) is 11.0. The summed E-state index contributed by atoms with van der Waals surface area (Å²) in [6.07, 6.45) is 0.936. The average Bonchev–Trinajstić information content (AvgIpc) is 3.86. The topological polar surface area (TPSA) is 22.2 Å². The first-order valence-electron chi connectivity index (χ1n) is 21.9. The molecule has 292 valence electrons. The zero-order chi connectivity index (χ0) is 40.9. The van der Waals surface area contributed by atoms with E-state index >= 15 is 0 Å². The lowest BCUT2D eigenvalue weighted by molar-refractivity contribution is 0.565. The van der Waals surface area contributed by atoms with E-state index in [1.54, 1.807) is 0 Å². The fraction of sp³-hybridized carbons (Fsp3) is 0.0678. The van der Waals surface area contributed by atoms with E-state index in [-0.39, 0.29) is 11.8 Å². The predicted molar refractivity (Wildman–Crippen MR) is 263 cm³/mol. The summed E-state index contributed by atoms with van der Waals surface area (Å²) < 4.78 is 4.97. The third-order valence-corrected chi connectivity index (χ3v) is 13.7. The molecule has 0 fully saturated rings. The summed E-state index contributed by atoms with van der Waals surface area (Å²) in [5, 5.41) is 12.6. The molecule has 0 N–H and O–H groups in total. The fourth-order valence-electron chi connectivity index (χ4n) is 11.0. The van der Waals surface area contributed by atoms with Crippen LogP contribution in [0, 0.1) is 5.92 Å². The van der Waals surface area contributed by atoms with E-state index in [9.17, 15) is 0 Å². The molecular weight excluding hydrogens is 751 g/mol. The summed E-state index contributed by atoms with van der Waals surface area (Å²) in [5.74, 6) is 1.36. The van der Waals surface area contributed by atoms with Gasteiger partial charge in [0.05, 0.1) is 27.8 Å². The highest BCUT2D eigenvalue weighted by Gasteiger charge is 2.36. The van der Waals surface area contributed by atoms with Crippen molar-refractivity contribution in [3.8, 4) is 16.8 Å². The molecular formula is C59H41N3. The molecule has 2 aromatic heterocycles. The number of hydrogen-bond donors (Lipinski definition) is 0. The third-order valence-electron chi connectivity index (χ3n) is 13.7. The van der Waals surface area contributed by atoms with Crippen molar-refractivity contribution in [3.63, 3.8) is 0 Å². The minimum atomic E-state index is 0.129. The molecule has 0 amide bonds. The maximum Gasteiger partial charge on any atom is 0.118 e. The Morgan fingerprint density at radius 1 is 0.435 bits per heavy atom. The molecule has 0 aliphatic carbocycles. The SMILES string of the molecule is CCC1C(n2c3ccc(-n4c5ccccc5c5c6ccccc6ccc54)cc3c3c4ccccc4ccc32)=Nc2ccccc2C1c1ccc(-c2cccc3ccccc23)cc1. The minimum Gasteiger partial charge on any atom is -0.309 e. The first-order valence-corrected chi connectivity index (χ1v) is 21.9. The van der Waals surface area contributed by atoms with Crippen LogP contribution in [-0.4, -0.2) is 15.0 Å². The van der Waals surface area contributed by atoms with Crippen molar-refractivity contribution in [2.45, 2.75) is 19.3 Å². The minimum absolute atomic E-state index is 0.129. The van der Waals surface area contributed by atoms with Gasteiger partial charge in [0.2, 0.25) is 0 Å². The zero-order valence-corrected chi connectivity index (χ0v) is 34.3. The van der Waals surface area contributed by atoms with Gasteiger partial charge in [-0.2, -0.15) is 0 Å². The van der Waals surface area contributed by atoms with Gasteiger partial charge in [-0.1, -0.05) is 171 Å². The number of hydrogen-bond acceptors (Lipinski definition) is 1. The molecule has 0 saturated carbocycles. The van der Waals surface area contributed by atoms with Crippen LogP contribution in [0.5, 0.6) is 0 Å². The van der Waals surface area contributed by atoms with Crippen LogP contribution < -0.4 is 0 Å². The molecule has 13 rings (SSSR count). The molecule has 12 aromatic rings. The second kappa shape index (κ2) is 13.6. The van der Waals surface area contributed by atoms with Gasteiger partial charge in [-0.25, -0.2) is 4.99 Å². The molecule has 62 heavy (non-hydrogen) atoms. The summed E-state index contributed by atoms with van der Waals surface area (Å²) in [6, 6.07) is 76.2. The second-order valence-corrected chi connectivity index (χ2v) is 16.9. The summed E-state index contributed by atoms with van der Waals surface area (Å²) >= 11 is 0. The van der Waals surface area contributed by atoms with Gasteiger partial charge >= 0.3 is 0 Å². The lowest BCUT2D eigenvalue weighted by Crippen LogP contribution is -2.31. The average molecular weight is 792 g/mol. The van der Waals surface area contributed by atoms with E-state index in [0.29, 0.717) is 0 Å². The first kappa shape index (κ1) is 35.0. The van der Waals surface area contributed by atoms with Crippen molar-refractivity contribution in [1.82, 2.24) is 9.13 Å². The van der Waals surface area contributed by atoms with Crippen LogP contribution in [0.25, 0.3) is 92.7 Å².